The highest BCUT2D eigenvalue weighted by atomic mass is 32.2. The van der Waals surface area contributed by atoms with E-state index in [0.717, 1.165) is 31.0 Å². The number of hydrogen-bond acceptors (Lipinski definition) is 8. The molecule has 2 aliphatic heterocycles. The average molecular weight is 494 g/mol. The lowest BCUT2D eigenvalue weighted by Crippen LogP contribution is -2.41. The van der Waals surface area contributed by atoms with E-state index in [1.807, 2.05) is 0 Å². The molecule has 0 bridgehead atoms. The zero-order valence-electron chi connectivity index (χ0n) is 17.8. The van der Waals surface area contributed by atoms with Crippen LogP contribution in [0.5, 0.6) is 0 Å². The van der Waals surface area contributed by atoms with Gasteiger partial charge in [0, 0.05) is 42.8 Å². The average Bonchev–Trinajstić information content (AvgIpc) is 3.21. The Morgan fingerprint density at radius 1 is 1.24 bits per heavy atom. The molecule has 1 saturated heterocycles. The van der Waals surface area contributed by atoms with Gasteiger partial charge >= 0.3 is 6.18 Å². The summed E-state index contributed by atoms with van der Waals surface area (Å²) in [6.07, 6.45) is -3.78. The molecule has 9 nitrogen and oxygen atoms in total. The minimum absolute atomic E-state index is 0.187. The highest BCUT2D eigenvalue weighted by Crippen LogP contribution is 2.44. The lowest BCUT2D eigenvalue weighted by molar-refractivity contribution is -0.141. The number of carbonyl (C=O) groups excluding carboxylic acids is 2. The number of hydrogen-bond donors (Lipinski definition) is 3. The molecule has 1 aromatic heterocycles. The van der Waals surface area contributed by atoms with Crippen molar-refractivity contribution in [3.05, 3.63) is 52.6 Å². The zero-order valence-corrected chi connectivity index (χ0v) is 18.6. The Labute approximate surface area is 196 Å². The SMILES string of the molecule is NC(=O)/C(=C1\Nc2ccc(C(=O)NCCN3CCOCC3)cc2S1)c1nccc(C(F)(F)F)n1. The highest BCUT2D eigenvalue weighted by Gasteiger charge is 2.34. The largest absolute Gasteiger partial charge is 0.433 e. The van der Waals surface area contributed by atoms with Crippen molar-refractivity contribution in [2.24, 2.45) is 5.73 Å². The maximum atomic E-state index is 13.0. The summed E-state index contributed by atoms with van der Waals surface area (Å²) in [6.45, 7) is 4.19. The molecule has 180 valence electrons. The van der Waals surface area contributed by atoms with Crippen LogP contribution >= 0.6 is 11.8 Å². The number of thioether (sulfide) groups is 1. The zero-order chi connectivity index (χ0) is 24.3. The van der Waals surface area contributed by atoms with Gasteiger partial charge in [-0.05, 0) is 24.3 Å². The number of fused-ring (bicyclic) bond motifs is 1. The van der Waals surface area contributed by atoms with Crippen LogP contribution in [0, 0.1) is 0 Å². The van der Waals surface area contributed by atoms with Crippen LogP contribution in [-0.2, 0) is 15.7 Å². The van der Waals surface area contributed by atoms with Crippen molar-refractivity contribution in [1.29, 1.82) is 0 Å². The van der Waals surface area contributed by atoms with Gasteiger partial charge in [-0.2, -0.15) is 13.2 Å². The summed E-state index contributed by atoms with van der Waals surface area (Å²) in [5.74, 6) is -1.68. The molecule has 2 amide bonds. The van der Waals surface area contributed by atoms with E-state index in [2.05, 4.69) is 25.5 Å². The molecule has 3 heterocycles. The second-order valence-corrected chi connectivity index (χ2v) is 8.53. The topological polar surface area (TPSA) is 122 Å². The number of rotatable bonds is 6. The Morgan fingerprint density at radius 3 is 2.71 bits per heavy atom. The third-order valence-electron chi connectivity index (χ3n) is 5.16. The first kappa shape index (κ1) is 24.0. The number of nitrogens with one attached hydrogen (secondary N) is 2. The molecule has 13 heteroatoms. The van der Waals surface area contributed by atoms with Gasteiger partial charge in [0.15, 0.2) is 5.82 Å². The van der Waals surface area contributed by atoms with Crippen molar-refractivity contribution < 1.29 is 27.5 Å². The van der Waals surface area contributed by atoms with Gasteiger partial charge in [-0.3, -0.25) is 14.5 Å². The van der Waals surface area contributed by atoms with Crippen LogP contribution in [0.1, 0.15) is 21.9 Å². The van der Waals surface area contributed by atoms with Crippen molar-refractivity contribution >= 4 is 34.8 Å². The molecule has 0 aliphatic carbocycles. The fourth-order valence-electron chi connectivity index (χ4n) is 3.44. The van der Waals surface area contributed by atoms with Crippen LogP contribution in [-0.4, -0.2) is 66.1 Å². The molecule has 0 radical (unpaired) electrons. The predicted molar refractivity (Wildman–Crippen MR) is 119 cm³/mol. The van der Waals surface area contributed by atoms with Crippen molar-refractivity contribution in [3.8, 4) is 0 Å². The first-order valence-corrected chi connectivity index (χ1v) is 11.2. The molecule has 0 unspecified atom stereocenters. The number of morpholine rings is 1. The number of benzene rings is 1. The number of ether oxygens (including phenoxy) is 1. The summed E-state index contributed by atoms with van der Waals surface area (Å²) in [6, 6.07) is 5.61. The quantitative estimate of drug-likeness (QED) is 0.521. The van der Waals surface area contributed by atoms with Gasteiger partial charge in [-0.1, -0.05) is 11.8 Å². The molecular weight excluding hydrogens is 473 g/mol. The molecule has 2 aliphatic rings. The van der Waals surface area contributed by atoms with Crippen molar-refractivity contribution in [1.82, 2.24) is 20.2 Å². The third kappa shape index (κ3) is 5.48. The molecule has 4 N–H and O–H groups in total. The molecule has 1 fully saturated rings. The van der Waals surface area contributed by atoms with Crippen LogP contribution < -0.4 is 16.4 Å². The van der Waals surface area contributed by atoms with Crippen LogP contribution in [0.4, 0.5) is 18.9 Å². The van der Waals surface area contributed by atoms with Gasteiger partial charge in [-0.15, -0.1) is 0 Å². The molecule has 4 rings (SSSR count). The first-order valence-electron chi connectivity index (χ1n) is 10.3. The summed E-state index contributed by atoms with van der Waals surface area (Å²) in [5.41, 5.74) is 4.98. The number of aromatic nitrogens is 2. The predicted octanol–water partition coefficient (Wildman–Crippen LogP) is 1.93. The second kappa shape index (κ2) is 9.99. The van der Waals surface area contributed by atoms with Crippen LogP contribution in [0.15, 0.2) is 40.4 Å². The van der Waals surface area contributed by atoms with Crippen LogP contribution in [0.3, 0.4) is 0 Å². The number of halogens is 3. The smallest absolute Gasteiger partial charge is 0.379 e. The highest BCUT2D eigenvalue weighted by molar-refractivity contribution is 8.04. The fraction of sp³-hybridized carbons (Fsp3) is 0.333. The molecule has 2 aromatic rings. The van der Waals surface area contributed by atoms with E-state index in [9.17, 15) is 22.8 Å². The van der Waals surface area contributed by atoms with Gasteiger partial charge in [-0.25, -0.2) is 9.97 Å². The van der Waals surface area contributed by atoms with E-state index in [1.54, 1.807) is 18.2 Å². The van der Waals surface area contributed by atoms with Gasteiger partial charge in [0.05, 0.1) is 23.9 Å². The normalized spacial score (nSPS) is 17.6. The molecule has 0 saturated carbocycles. The fourth-order valence-corrected chi connectivity index (χ4v) is 4.53. The third-order valence-corrected chi connectivity index (χ3v) is 6.23. The number of primary amides is 1. The number of nitrogens with zero attached hydrogens (tertiary/aromatic N) is 3. The standard InChI is InChI=1S/C21H21F3N6O3S/c22-21(23,24)15-3-4-26-18(29-15)16(17(25)31)20-28-13-2-1-12(11-14(13)34-20)19(32)27-5-6-30-7-9-33-10-8-30/h1-4,11,28H,5-10H2,(H2,25,31)(H,27,32)/b20-16-. The van der Waals surface area contributed by atoms with Gasteiger partial charge < -0.3 is 21.1 Å². The van der Waals surface area contributed by atoms with E-state index in [0.29, 0.717) is 48.5 Å². The maximum Gasteiger partial charge on any atom is 0.433 e. The Bertz CT molecular complexity index is 1130. The summed E-state index contributed by atoms with van der Waals surface area (Å²) in [4.78, 5) is 34.7. The Balaban J connectivity index is 1.49. The van der Waals surface area contributed by atoms with E-state index >= 15 is 0 Å². The van der Waals surface area contributed by atoms with Crippen molar-refractivity contribution in [2.45, 2.75) is 11.1 Å². The lowest BCUT2D eigenvalue weighted by Gasteiger charge is -2.26. The first-order chi connectivity index (χ1) is 16.2. The molecule has 1 aromatic carbocycles. The van der Waals surface area contributed by atoms with Crippen LogP contribution in [0.25, 0.3) is 5.57 Å². The molecule has 0 atom stereocenters. The minimum Gasteiger partial charge on any atom is -0.379 e. The van der Waals surface area contributed by atoms with Crippen LogP contribution in [0.2, 0.25) is 0 Å². The summed E-state index contributed by atoms with van der Waals surface area (Å²) in [5, 5.41) is 6.01. The number of nitrogens with two attached hydrogens (primary N) is 1. The number of anilines is 1. The molecule has 34 heavy (non-hydrogen) atoms. The monoisotopic (exact) mass is 494 g/mol. The molecular formula is C21H21F3N6O3S. The van der Waals surface area contributed by atoms with E-state index < -0.39 is 23.6 Å². The second-order valence-electron chi connectivity index (χ2n) is 7.48. The maximum absolute atomic E-state index is 13.0. The van der Waals surface area contributed by atoms with Crippen molar-refractivity contribution in [2.75, 3.05) is 44.7 Å². The Morgan fingerprint density at radius 2 is 2.00 bits per heavy atom. The van der Waals surface area contributed by atoms with E-state index in [1.165, 1.54) is 0 Å². The van der Waals surface area contributed by atoms with E-state index in [-0.39, 0.29) is 16.5 Å². The van der Waals surface area contributed by atoms with Gasteiger partial charge in [0.1, 0.15) is 11.3 Å². The lowest BCUT2D eigenvalue weighted by atomic mass is 10.2. The Hall–Kier alpha value is -3.16. The van der Waals surface area contributed by atoms with Crippen molar-refractivity contribution in [3.63, 3.8) is 0 Å². The number of amides is 2. The van der Waals surface area contributed by atoms with Gasteiger partial charge in [0.25, 0.3) is 11.8 Å². The minimum atomic E-state index is -4.70. The van der Waals surface area contributed by atoms with Gasteiger partial charge in [0.2, 0.25) is 0 Å². The number of carbonyl (C=O) groups is 2. The summed E-state index contributed by atoms with van der Waals surface area (Å²) in [7, 11) is 0. The molecule has 0 spiro atoms. The Kier molecular flexibility index (Phi) is 7.05. The summed E-state index contributed by atoms with van der Waals surface area (Å²) >= 11 is 1.06. The number of alkyl halides is 3. The van der Waals surface area contributed by atoms with E-state index in [4.69, 9.17) is 10.5 Å². The summed E-state index contributed by atoms with van der Waals surface area (Å²) < 4.78 is 44.4.